The minimum atomic E-state index is -1.74. The Morgan fingerprint density at radius 3 is 2.69 bits per heavy atom. The number of Topliss-reactive ketones (excluding diaryl/α,β-unsaturated/α-hetero) is 1. The Kier molecular flexibility index (Phi) is 4.46. The Hall–Kier alpha value is -2.32. The van der Waals surface area contributed by atoms with Crippen molar-refractivity contribution >= 4 is 27.9 Å². The standard InChI is InChI=1S/C18H18FN5OS/c1-11-23-24-17(26-11)15-7-12-6-14(21-9-13(12)10-22-15)8-16(25)18(19)2-4-20-5-3-18/h6-7,9-10,20H,2-5,8H2,1H3. The van der Waals surface area contributed by atoms with Crippen LogP contribution in [0.1, 0.15) is 23.5 Å². The van der Waals surface area contributed by atoms with Gasteiger partial charge in [-0.1, -0.05) is 11.3 Å². The van der Waals surface area contributed by atoms with E-state index in [1.807, 2.05) is 19.1 Å². The number of hydrogen-bond acceptors (Lipinski definition) is 7. The second kappa shape index (κ2) is 6.77. The van der Waals surface area contributed by atoms with Gasteiger partial charge in [0.25, 0.3) is 0 Å². The molecule has 0 aliphatic carbocycles. The van der Waals surface area contributed by atoms with Crippen LogP contribution in [0.25, 0.3) is 21.5 Å². The fourth-order valence-corrected chi connectivity index (χ4v) is 3.78. The number of carbonyl (C=O) groups excluding carboxylic acids is 1. The van der Waals surface area contributed by atoms with Crippen LogP contribution in [-0.2, 0) is 11.2 Å². The molecule has 3 aromatic rings. The minimum Gasteiger partial charge on any atom is -0.316 e. The zero-order valence-electron chi connectivity index (χ0n) is 14.3. The lowest BCUT2D eigenvalue weighted by Crippen LogP contribution is -2.45. The molecule has 0 radical (unpaired) electrons. The van der Waals surface area contributed by atoms with Crippen molar-refractivity contribution in [3.8, 4) is 10.7 Å². The van der Waals surface area contributed by atoms with Crippen LogP contribution in [0.3, 0.4) is 0 Å². The van der Waals surface area contributed by atoms with E-state index in [2.05, 4.69) is 25.5 Å². The van der Waals surface area contributed by atoms with E-state index >= 15 is 0 Å². The number of piperidine rings is 1. The average molecular weight is 371 g/mol. The molecule has 8 heteroatoms. The Morgan fingerprint density at radius 1 is 1.19 bits per heavy atom. The van der Waals surface area contributed by atoms with Gasteiger partial charge in [-0.15, -0.1) is 10.2 Å². The van der Waals surface area contributed by atoms with Crippen LogP contribution in [0.15, 0.2) is 24.5 Å². The number of aryl methyl sites for hydroxylation is 1. The maximum atomic E-state index is 14.8. The number of pyridine rings is 2. The van der Waals surface area contributed by atoms with E-state index in [4.69, 9.17) is 0 Å². The van der Waals surface area contributed by atoms with Crippen molar-refractivity contribution in [3.63, 3.8) is 0 Å². The van der Waals surface area contributed by atoms with E-state index in [1.165, 1.54) is 11.3 Å². The quantitative estimate of drug-likeness (QED) is 0.759. The highest BCUT2D eigenvalue weighted by Crippen LogP contribution is 2.27. The second-order valence-corrected chi connectivity index (χ2v) is 7.72. The molecule has 0 unspecified atom stereocenters. The fourth-order valence-electron chi connectivity index (χ4n) is 3.12. The summed E-state index contributed by atoms with van der Waals surface area (Å²) >= 11 is 1.47. The minimum absolute atomic E-state index is 0.00200. The van der Waals surface area contributed by atoms with Gasteiger partial charge in [-0.05, 0) is 37.5 Å². The highest BCUT2D eigenvalue weighted by atomic mass is 32.1. The van der Waals surface area contributed by atoms with Crippen molar-refractivity contribution in [3.05, 3.63) is 35.2 Å². The number of ketones is 1. The highest BCUT2D eigenvalue weighted by molar-refractivity contribution is 7.14. The summed E-state index contributed by atoms with van der Waals surface area (Å²) in [6, 6.07) is 3.73. The summed E-state index contributed by atoms with van der Waals surface area (Å²) in [5.74, 6) is -0.389. The first kappa shape index (κ1) is 17.1. The number of nitrogens with one attached hydrogen (secondary N) is 1. The lowest BCUT2D eigenvalue weighted by molar-refractivity contribution is -0.131. The molecule has 0 saturated carbocycles. The molecule has 0 bridgehead atoms. The summed E-state index contributed by atoms with van der Waals surface area (Å²) in [7, 11) is 0. The summed E-state index contributed by atoms with van der Waals surface area (Å²) in [4.78, 5) is 21.2. The molecule has 1 fully saturated rings. The van der Waals surface area contributed by atoms with Gasteiger partial charge in [0.1, 0.15) is 10.7 Å². The molecule has 0 amide bonds. The third-order valence-corrected chi connectivity index (χ3v) is 5.50. The summed E-state index contributed by atoms with van der Waals surface area (Å²) in [5, 5.41) is 14.6. The molecule has 0 atom stereocenters. The first-order valence-electron chi connectivity index (χ1n) is 8.52. The van der Waals surface area contributed by atoms with Crippen LogP contribution in [0, 0.1) is 6.92 Å². The van der Waals surface area contributed by atoms with Gasteiger partial charge in [0, 0.05) is 36.3 Å². The Bertz CT molecular complexity index is 967. The molecule has 3 aromatic heterocycles. The summed E-state index contributed by atoms with van der Waals surface area (Å²) in [6.07, 6.45) is 3.85. The molecule has 4 heterocycles. The van der Waals surface area contributed by atoms with Crippen molar-refractivity contribution in [2.75, 3.05) is 13.1 Å². The zero-order valence-corrected chi connectivity index (χ0v) is 15.1. The van der Waals surface area contributed by atoms with E-state index in [9.17, 15) is 9.18 Å². The van der Waals surface area contributed by atoms with Crippen molar-refractivity contribution in [2.45, 2.75) is 31.9 Å². The van der Waals surface area contributed by atoms with E-state index in [0.29, 0.717) is 18.8 Å². The predicted octanol–water partition coefficient (Wildman–Crippen LogP) is 2.66. The van der Waals surface area contributed by atoms with Crippen LogP contribution < -0.4 is 5.32 Å². The number of hydrogen-bond donors (Lipinski definition) is 1. The molecule has 1 aliphatic rings. The van der Waals surface area contributed by atoms with Crippen molar-refractivity contribution in [2.24, 2.45) is 0 Å². The van der Waals surface area contributed by atoms with Gasteiger partial charge in [0.05, 0.1) is 6.42 Å². The van der Waals surface area contributed by atoms with Gasteiger partial charge in [-0.25, -0.2) is 4.39 Å². The van der Waals surface area contributed by atoms with Gasteiger partial charge < -0.3 is 5.32 Å². The maximum absolute atomic E-state index is 14.8. The summed E-state index contributed by atoms with van der Waals surface area (Å²) in [5.41, 5.74) is -0.439. The molecule has 0 spiro atoms. The molecular weight excluding hydrogens is 353 g/mol. The van der Waals surface area contributed by atoms with Crippen molar-refractivity contribution in [1.82, 2.24) is 25.5 Å². The molecule has 26 heavy (non-hydrogen) atoms. The van der Waals surface area contributed by atoms with Crippen LogP contribution in [0.2, 0.25) is 0 Å². The van der Waals surface area contributed by atoms with Gasteiger partial charge in [-0.2, -0.15) is 0 Å². The third kappa shape index (κ3) is 3.34. The van der Waals surface area contributed by atoms with Crippen molar-refractivity contribution in [1.29, 1.82) is 0 Å². The van der Waals surface area contributed by atoms with E-state index in [-0.39, 0.29) is 25.0 Å². The number of rotatable bonds is 4. The molecule has 0 aromatic carbocycles. The van der Waals surface area contributed by atoms with Crippen LogP contribution in [-0.4, -0.2) is 44.7 Å². The SMILES string of the molecule is Cc1nnc(-c2cc3cc(CC(=O)C4(F)CCNCC4)ncc3cn2)s1. The second-order valence-electron chi connectivity index (χ2n) is 6.53. The fraction of sp³-hybridized carbons (Fsp3) is 0.389. The lowest BCUT2D eigenvalue weighted by atomic mass is 9.87. The predicted molar refractivity (Wildman–Crippen MR) is 97.8 cm³/mol. The molecule has 4 rings (SSSR count). The maximum Gasteiger partial charge on any atom is 0.175 e. The van der Waals surface area contributed by atoms with E-state index < -0.39 is 5.67 Å². The van der Waals surface area contributed by atoms with E-state index in [0.717, 1.165) is 26.5 Å². The van der Waals surface area contributed by atoms with Crippen LogP contribution in [0.4, 0.5) is 4.39 Å². The Balaban J connectivity index is 1.61. The monoisotopic (exact) mass is 371 g/mol. The molecule has 1 saturated heterocycles. The van der Waals surface area contributed by atoms with Gasteiger partial charge in [0.15, 0.2) is 16.5 Å². The normalized spacial score (nSPS) is 16.7. The van der Waals surface area contributed by atoms with E-state index in [1.54, 1.807) is 12.4 Å². The van der Waals surface area contributed by atoms with Crippen LogP contribution >= 0.6 is 11.3 Å². The largest absolute Gasteiger partial charge is 0.316 e. The molecule has 134 valence electrons. The third-order valence-electron chi connectivity index (χ3n) is 4.64. The molecule has 6 nitrogen and oxygen atoms in total. The summed E-state index contributed by atoms with van der Waals surface area (Å²) in [6.45, 7) is 2.96. The van der Waals surface area contributed by atoms with Gasteiger partial charge in [-0.3, -0.25) is 14.8 Å². The number of fused-ring (bicyclic) bond motifs is 1. The average Bonchev–Trinajstić information content (AvgIpc) is 3.08. The smallest absolute Gasteiger partial charge is 0.175 e. The molecular formula is C18H18FN5OS. The topological polar surface area (TPSA) is 80.7 Å². The Morgan fingerprint density at radius 2 is 1.96 bits per heavy atom. The molecule has 1 N–H and O–H groups in total. The first-order valence-corrected chi connectivity index (χ1v) is 9.33. The first-order chi connectivity index (χ1) is 12.5. The highest BCUT2D eigenvalue weighted by Gasteiger charge is 2.39. The van der Waals surface area contributed by atoms with Crippen molar-refractivity contribution < 1.29 is 9.18 Å². The number of alkyl halides is 1. The summed E-state index contributed by atoms with van der Waals surface area (Å²) < 4.78 is 14.8. The number of carbonyl (C=O) groups is 1. The number of aromatic nitrogens is 4. The van der Waals surface area contributed by atoms with Crippen LogP contribution in [0.5, 0.6) is 0 Å². The Labute approximate surface area is 153 Å². The molecule has 1 aliphatic heterocycles. The number of halogens is 1. The van der Waals surface area contributed by atoms with Gasteiger partial charge >= 0.3 is 0 Å². The zero-order chi connectivity index (χ0) is 18.1. The lowest BCUT2D eigenvalue weighted by Gasteiger charge is -2.28. The van der Waals surface area contributed by atoms with Gasteiger partial charge in [0.2, 0.25) is 0 Å². The number of nitrogens with zero attached hydrogens (tertiary/aromatic N) is 4.